The molecule has 0 heterocycles. The Labute approximate surface area is 62.3 Å². The van der Waals surface area contributed by atoms with Gasteiger partial charge in [-0.15, -0.1) is 0 Å². The molecular weight excluding hydrogens is 126 g/mol. The average Bonchev–Trinajstić information content (AvgIpc) is 1.99. The Bertz CT molecular complexity index is 129. The van der Waals surface area contributed by atoms with Crippen molar-refractivity contribution in [2.45, 2.75) is 27.2 Å². The molecule has 0 aromatic carbocycles. The predicted octanol–water partition coefficient (Wildman–Crippen LogP) is 1.75. The zero-order valence-corrected chi connectivity index (χ0v) is 6.89. The first-order valence-corrected chi connectivity index (χ1v) is 3.50. The first-order chi connectivity index (χ1) is 4.70. The molecule has 10 heavy (non-hydrogen) atoms. The summed E-state index contributed by atoms with van der Waals surface area (Å²) < 4.78 is 0. The van der Waals surface area contributed by atoms with Crippen molar-refractivity contribution in [2.24, 2.45) is 4.99 Å². The summed E-state index contributed by atoms with van der Waals surface area (Å²) in [4.78, 5) is 4.02. The summed E-state index contributed by atoms with van der Waals surface area (Å²) in [6.07, 6.45) is 2.81. The third-order valence-corrected chi connectivity index (χ3v) is 1.29. The van der Waals surface area contributed by atoms with Crippen LogP contribution in [0, 0.1) is 0 Å². The SMILES string of the molecule is CC/C(C)=C/N=C(C)CO. The summed E-state index contributed by atoms with van der Waals surface area (Å²) in [7, 11) is 0. The molecule has 0 atom stereocenters. The number of hydrogen-bond acceptors (Lipinski definition) is 2. The molecule has 0 rings (SSSR count). The molecule has 0 spiro atoms. The molecule has 0 aromatic rings. The fourth-order valence-corrected chi connectivity index (χ4v) is 0.352. The Kier molecular flexibility index (Phi) is 4.85. The van der Waals surface area contributed by atoms with Crippen LogP contribution in [0.1, 0.15) is 27.2 Å². The van der Waals surface area contributed by atoms with Gasteiger partial charge >= 0.3 is 0 Å². The highest BCUT2D eigenvalue weighted by Crippen LogP contribution is 1.97. The van der Waals surface area contributed by atoms with Crippen molar-refractivity contribution in [1.29, 1.82) is 0 Å². The molecule has 0 aliphatic heterocycles. The zero-order chi connectivity index (χ0) is 7.98. The van der Waals surface area contributed by atoms with Crippen LogP contribution in [-0.2, 0) is 0 Å². The van der Waals surface area contributed by atoms with E-state index in [2.05, 4.69) is 11.9 Å². The van der Waals surface area contributed by atoms with Crippen LogP contribution < -0.4 is 0 Å². The first-order valence-electron chi connectivity index (χ1n) is 3.50. The lowest BCUT2D eigenvalue weighted by Crippen LogP contribution is -1.95. The van der Waals surface area contributed by atoms with Crippen LogP contribution in [-0.4, -0.2) is 17.4 Å². The van der Waals surface area contributed by atoms with E-state index in [0.717, 1.165) is 12.1 Å². The molecule has 2 nitrogen and oxygen atoms in total. The van der Waals surface area contributed by atoms with Crippen molar-refractivity contribution in [3.63, 3.8) is 0 Å². The van der Waals surface area contributed by atoms with Crippen LogP contribution in [0.2, 0.25) is 0 Å². The summed E-state index contributed by atoms with van der Waals surface area (Å²) in [6, 6.07) is 0. The van der Waals surface area contributed by atoms with E-state index in [1.165, 1.54) is 5.57 Å². The second-order valence-electron chi connectivity index (χ2n) is 2.35. The Morgan fingerprint density at radius 2 is 2.10 bits per heavy atom. The van der Waals surface area contributed by atoms with E-state index in [9.17, 15) is 0 Å². The van der Waals surface area contributed by atoms with Crippen LogP contribution in [0.3, 0.4) is 0 Å². The van der Waals surface area contributed by atoms with Crippen LogP contribution >= 0.6 is 0 Å². The second-order valence-corrected chi connectivity index (χ2v) is 2.35. The van der Waals surface area contributed by atoms with Gasteiger partial charge in [0.15, 0.2) is 0 Å². The molecule has 1 N–H and O–H groups in total. The van der Waals surface area contributed by atoms with Crippen LogP contribution in [0.15, 0.2) is 16.8 Å². The normalized spacial score (nSPS) is 14.0. The largest absolute Gasteiger partial charge is 0.390 e. The molecule has 2 heteroatoms. The van der Waals surface area contributed by atoms with Gasteiger partial charge in [0, 0.05) is 11.9 Å². The summed E-state index contributed by atoms with van der Waals surface area (Å²) >= 11 is 0. The topological polar surface area (TPSA) is 32.6 Å². The Balaban J connectivity index is 3.91. The summed E-state index contributed by atoms with van der Waals surface area (Å²) in [6.45, 7) is 5.96. The molecular formula is C8H15NO. The van der Waals surface area contributed by atoms with E-state index in [-0.39, 0.29) is 6.61 Å². The molecule has 0 saturated heterocycles. The van der Waals surface area contributed by atoms with Gasteiger partial charge in [-0.05, 0) is 20.3 Å². The molecule has 0 amide bonds. The van der Waals surface area contributed by atoms with Crippen molar-refractivity contribution < 1.29 is 5.11 Å². The molecule has 0 radical (unpaired) electrons. The fraction of sp³-hybridized carbons (Fsp3) is 0.625. The molecule has 0 unspecified atom stereocenters. The van der Waals surface area contributed by atoms with Crippen molar-refractivity contribution in [2.75, 3.05) is 6.61 Å². The van der Waals surface area contributed by atoms with Gasteiger partial charge in [-0.3, -0.25) is 4.99 Å². The standard InChI is InChI=1S/C8H15NO/c1-4-7(2)5-9-8(3)6-10/h5,10H,4,6H2,1-3H3/b7-5+,9-8?. The van der Waals surface area contributed by atoms with Gasteiger partial charge in [-0.2, -0.15) is 0 Å². The number of rotatable bonds is 3. The molecule has 0 fully saturated rings. The molecule has 0 aliphatic rings. The van der Waals surface area contributed by atoms with Gasteiger partial charge in [0.1, 0.15) is 0 Å². The van der Waals surface area contributed by atoms with E-state index in [1.807, 2.05) is 6.92 Å². The molecule has 0 aromatic heterocycles. The van der Waals surface area contributed by atoms with Gasteiger partial charge in [-0.25, -0.2) is 0 Å². The van der Waals surface area contributed by atoms with Gasteiger partial charge in [-0.1, -0.05) is 12.5 Å². The fourth-order valence-electron chi connectivity index (χ4n) is 0.352. The van der Waals surface area contributed by atoms with Crippen molar-refractivity contribution in [3.8, 4) is 0 Å². The highest BCUT2D eigenvalue weighted by atomic mass is 16.3. The number of hydrogen-bond donors (Lipinski definition) is 1. The number of aliphatic hydroxyl groups is 1. The minimum Gasteiger partial charge on any atom is -0.390 e. The monoisotopic (exact) mass is 141 g/mol. The number of nitrogens with zero attached hydrogens (tertiary/aromatic N) is 1. The van der Waals surface area contributed by atoms with E-state index >= 15 is 0 Å². The van der Waals surface area contributed by atoms with Crippen LogP contribution in [0.4, 0.5) is 0 Å². The molecule has 0 saturated carbocycles. The minimum atomic E-state index is 0.0491. The maximum Gasteiger partial charge on any atom is 0.0810 e. The minimum absolute atomic E-state index is 0.0491. The zero-order valence-electron chi connectivity index (χ0n) is 6.89. The Morgan fingerprint density at radius 1 is 1.50 bits per heavy atom. The van der Waals surface area contributed by atoms with E-state index < -0.39 is 0 Å². The maximum absolute atomic E-state index is 8.56. The lowest BCUT2D eigenvalue weighted by Gasteiger charge is -1.92. The molecule has 58 valence electrons. The number of aliphatic imine (C=N–C) groups is 1. The predicted molar refractivity (Wildman–Crippen MR) is 44.2 cm³/mol. The van der Waals surface area contributed by atoms with Crippen LogP contribution in [0.25, 0.3) is 0 Å². The third kappa shape index (κ3) is 4.27. The Hall–Kier alpha value is -0.630. The average molecular weight is 141 g/mol. The summed E-state index contributed by atoms with van der Waals surface area (Å²) in [5.41, 5.74) is 1.99. The van der Waals surface area contributed by atoms with Gasteiger partial charge < -0.3 is 5.11 Å². The quantitative estimate of drug-likeness (QED) is 0.597. The highest BCUT2D eigenvalue weighted by Gasteiger charge is 1.83. The number of aliphatic hydroxyl groups excluding tert-OH is 1. The van der Waals surface area contributed by atoms with Gasteiger partial charge in [0.05, 0.1) is 6.61 Å². The van der Waals surface area contributed by atoms with E-state index in [0.29, 0.717) is 0 Å². The molecule has 0 bridgehead atoms. The summed E-state index contributed by atoms with van der Waals surface area (Å²) in [5.74, 6) is 0. The van der Waals surface area contributed by atoms with Crippen molar-refractivity contribution in [3.05, 3.63) is 11.8 Å². The number of allylic oxidation sites excluding steroid dienone is 1. The van der Waals surface area contributed by atoms with Crippen molar-refractivity contribution in [1.82, 2.24) is 0 Å². The third-order valence-electron chi connectivity index (χ3n) is 1.29. The van der Waals surface area contributed by atoms with Gasteiger partial charge in [0.25, 0.3) is 0 Å². The first kappa shape index (κ1) is 9.37. The second kappa shape index (κ2) is 5.18. The summed E-state index contributed by atoms with van der Waals surface area (Å²) in [5, 5.41) is 8.56. The maximum atomic E-state index is 8.56. The molecule has 0 aliphatic carbocycles. The van der Waals surface area contributed by atoms with Crippen LogP contribution in [0.5, 0.6) is 0 Å². The lowest BCUT2D eigenvalue weighted by atomic mass is 10.3. The lowest BCUT2D eigenvalue weighted by molar-refractivity contribution is 0.357. The van der Waals surface area contributed by atoms with Gasteiger partial charge in [0.2, 0.25) is 0 Å². The smallest absolute Gasteiger partial charge is 0.0810 e. The highest BCUT2D eigenvalue weighted by molar-refractivity contribution is 5.83. The van der Waals surface area contributed by atoms with Crippen molar-refractivity contribution >= 4 is 5.71 Å². The van der Waals surface area contributed by atoms with E-state index in [1.54, 1.807) is 13.1 Å². The Morgan fingerprint density at radius 3 is 2.50 bits per heavy atom. The van der Waals surface area contributed by atoms with E-state index in [4.69, 9.17) is 5.11 Å².